The SMILES string of the molecule is C1=CNCNC1.C1COCCN1.CN1CCCN(C)C1. The normalized spacial score (nSPS) is 23.7. The van der Waals surface area contributed by atoms with E-state index in [2.05, 4.69) is 39.8 Å². The van der Waals surface area contributed by atoms with Crippen LogP contribution in [0.15, 0.2) is 12.3 Å². The van der Waals surface area contributed by atoms with Crippen molar-refractivity contribution in [2.24, 2.45) is 0 Å². The topological polar surface area (TPSA) is 51.8 Å². The summed E-state index contributed by atoms with van der Waals surface area (Å²) in [5, 5.41) is 9.24. The molecule has 0 aromatic carbocycles. The zero-order valence-electron chi connectivity index (χ0n) is 13.0. The van der Waals surface area contributed by atoms with E-state index in [0.29, 0.717) is 0 Å². The molecule has 2 saturated heterocycles. The summed E-state index contributed by atoms with van der Waals surface area (Å²) >= 11 is 0. The maximum Gasteiger partial charge on any atom is 0.0650 e. The van der Waals surface area contributed by atoms with Crippen LogP contribution in [0.1, 0.15) is 6.42 Å². The predicted octanol–water partition coefficient (Wildman–Crippen LogP) is -0.532. The van der Waals surface area contributed by atoms with Gasteiger partial charge in [0.2, 0.25) is 0 Å². The van der Waals surface area contributed by atoms with Crippen molar-refractivity contribution < 1.29 is 4.74 Å². The average Bonchev–Trinajstić information content (AvgIpc) is 2.52. The van der Waals surface area contributed by atoms with Gasteiger partial charge in [0.15, 0.2) is 0 Å². The molecule has 0 radical (unpaired) electrons. The van der Waals surface area contributed by atoms with Crippen molar-refractivity contribution in [3.05, 3.63) is 12.3 Å². The van der Waals surface area contributed by atoms with Crippen LogP contribution in [0.2, 0.25) is 0 Å². The van der Waals surface area contributed by atoms with Crippen LogP contribution in [0.4, 0.5) is 0 Å². The molecule has 0 aromatic heterocycles. The smallest absolute Gasteiger partial charge is 0.0650 e. The fourth-order valence-corrected chi connectivity index (χ4v) is 2.11. The second-order valence-corrected chi connectivity index (χ2v) is 5.25. The van der Waals surface area contributed by atoms with Gasteiger partial charge in [-0.3, -0.25) is 15.1 Å². The Morgan fingerprint density at radius 2 is 1.70 bits per heavy atom. The first-order chi connectivity index (χ1) is 9.79. The quantitative estimate of drug-likeness (QED) is 0.556. The molecule has 3 aliphatic rings. The third-order valence-corrected chi connectivity index (χ3v) is 3.13. The van der Waals surface area contributed by atoms with E-state index in [1.165, 1.54) is 19.5 Å². The van der Waals surface area contributed by atoms with E-state index in [9.17, 15) is 0 Å². The molecule has 0 unspecified atom stereocenters. The Balaban J connectivity index is 0.000000152. The molecule has 0 spiro atoms. The van der Waals surface area contributed by atoms with Crippen molar-refractivity contribution in [3.8, 4) is 0 Å². The van der Waals surface area contributed by atoms with E-state index in [0.717, 1.165) is 46.2 Å². The third-order valence-electron chi connectivity index (χ3n) is 3.13. The Morgan fingerprint density at radius 1 is 1.00 bits per heavy atom. The van der Waals surface area contributed by atoms with E-state index in [4.69, 9.17) is 4.74 Å². The number of nitrogens with zero attached hydrogens (tertiary/aromatic N) is 2. The molecule has 20 heavy (non-hydrogen) atoms. The lowest BCUT2D eigenvalue weighted by atomic mass is 10.3. The number of hydrogen-bond acceptors (Lipinski definition) is 6. The standard InChI is InChI=1S/C6H14N2.C4H8N2.C4H9NO/c1-7-4-3-5-8(2)6-7;1-2-5-4-6-3-1;1-3-6-4-2-5-1/h3-6H2,1-2H3;1-2,5-6H,3-4H2;5H,1-4H2. The number of hydrogen-bond donors (Lipinski definition) is 3. The van der Waals surface area contributed by atoms with E-state index in [-0.39, 0.29) is 0 Å². The highest BCUT2D eigenvalue weighted by atomic mass is 16.5. The van der Waals surface area contributed by atoms with Crippen LogP contribution < -0.4 is 16.0 Å². The lowest BCUT2D eigenvalue weighted by Crippen LogP contribution is -2.40. The van der Waals surface area contributed by atoms with E-state index in [1.807, 2.05) is 12.3 Å². The molecule has 0 atom stereocenters. The maximum atomic E-state index is 5.01. The van der Waals surface area contributed by atoms with Gasteiger partial charge in [0, 0.05) is 32.7 Å². The van der Waals surface area contributed by atoms with Gasteiger partial charge >= 0.3 is 0 Å². The summed E-state index contributed by atoms with van der Waals surface area (Å²) in [6, 6.07) is 0. The molecular formula is C14H31N5O. The fourth-order valence-electron chi connectivity index (χ4n) is 2.11. The Hall–Kier alpha value is -0.660. The van der Waals surface area contributed by atoms with Gasteiger partial charge in [-0.15, -0.1) is 0 Å². The first kappa shape index (κ1) is 17.4. The summed E-state index contributed by atoms with van der Waals surface area (Å²) in [7, 11) is 4.32. The number of nitrogens with one attached hydrogen (secondary N) is 3. The van der Waals surface area contributed by atoms with Gasteiger partial charge in [-0.25, -0.2) is 0 Å². The lowest BCUT2D eigenvalue weighted by molar-refractivity contribution is 0.109. The molecular weight excluding hydrogens is 254 g/mol. The first-order valence-electron chi connectivity index (χ1n) is 7.53. The summed E-state index contributed by atoms with van der Waals surface area (Å²) in [4.78, 5) is 4.67. The number of ether oxygens (including phenoxy) is 1. The highest BCUT2D eigenvalue weighted by Gasteiger charge is 2.08. The summed E-state index contributed by atoms with van der Waals surface area (Å²) in [5.41, 5.74) is 0. The van der Waals surface area contributed by atoms with Gasteiger partial charge in [0.1, 0.15) is 0 Å². The van der Waals surface area contributed by atoms with Crippen LogP contribution in [0.3, 0.4) is 0 Å². The molecule has 0 amide bonds. The molecule has 0 aromatic rings. The second kappa shape index (κ2) is 12.1. The zero-order chi connectivity index (χ0) is 14.5. The van der Waals surface area contributed by atoms with Gasteiger partial charge in [0.25, 0.3) is 0 Å². The van der Waals surface area contributed by atoms with Gasteiger partial charge in [-0.1, -0.05) is 6.08 Å². The molecule has 0 bridgehead atoms. The highest BCUT2D eigenvalue weighted by Crippen LogP contribution is 1.98. The van der Waals surface area contributed by atoms with Gasteiger partial charge in [-0.2, -0.15) is 0 Å². The molecule has 0 saturated carbocycles. The molecule has 0 aliphatic carbocycles. The minimum Gasteiger partial charge on any atom is -0.379 e. The largest absolute Gasteiger partial charge is 0.379 e. The average molecular weight is 285 g/mol. The van der Waals surface area contributed by atoms with Crippen molar-refractivity contribution in [3.63, 3.8) is 0 Å². The van der Waals surface area contributed by atoms with Crippen LogP contribution >= 0.6 is 0 Å². The van der Waals surface area contributed by atoms with Gasteiger partial charge < -0.3 is 15.4 Å². The second-order valence-electron chi connectivity index (χ2n) is 5.25. The van der Waals surface area contributed by atoms with Crippen molar-refractivity contribution in [2.45, 2.75) is 6.42 Å². The molecule has 6 heteroatoms. The van der Waals surface area contributed by atoms with Gasteiger partial charge in [0.05, 0.1) is 26.6 Å². The molecule has 118 valence electrons. The summed E-state index contributed by atoms with van der Waals surface area (Å²) in [5.74, 6) is 0. The Morgan fingerprint density at radius 3 is 1.90 bits per heavy atom. The molecule has 2 fully saturated rings. The molecule has 3 rings (SSSR count). The van der Waals surface area contributed by atoms with Crippen molar-refractivity contribution in [2.75, 3.05) is 73.4 Å². The molecule has 6 nitrogen and oxygen atoms in total. The maximum absolute atomic E-state index is 5.01. The third kappa shape index (κ3) is 10.2. The minimum absolute atomic E-state index is 0.889. The minimum atomic E-state index is 0.889. The van der Waals surface area contributed by atoms with Crippen LogP contribution in [-0.2, 0) is 4.74 Å². The Kier molecular flexibility index (Phi) is 10.5. The number of morpholine rings is 1. The van der Waals surface area contributed by atoms with Crippen molar-refractivity contribution >= 4 is 0 Å². The van der Waals surface area contributed by atoms with Crippen LogP contribution in [0.25, 0.3) is 0 Å². The Bertz CT molecular complexity index is 218. The molecule has 3 heterocycles. The van der Waals surface area contributed by atoms with E-state index >= 15 is 0 Å². The fraction of sp³-hybridized carbons (Fsp3) is 0.857. The lowest BCUT2D eigenvalue weighted by Gasteiger charge is -2.29. The van der Waals surface area contributed by atoms with E-state index < -0.39 is 0 Å². The Labute approximate surface area is 123 Å². The molecule has 3 aliphatic heterocycles. The van der Waals surface area contributed by atoms with Crippen LogP contribution in [0.5, 0.6) is 0 Å². The summed E-state index contributed by atoms with van der Waals surface area (Å²) < 4.78 is 5.01. The summed E-state index contributed by atoms with van der Waals surface area (Å²) in [6.07, 6.45) is 5.33. The predicted molar refractivity (Wildman–Crippen MR) is 83.6 cm³/mol. The van der Waals surface area contributed by atoms with E-state index in [1.54, 1.807) is 0 Å². The van der Waals surface area contributed by atoms with Crippen molar-refractivity contribution in [1.29, 1.82) is 0 Å². The zero-order valence-corrected chi connectivity index (χ0v) is 13.0. The monoisotopic (exact) mass is 285 g/mol. The molecule has 3 N–H and O–H groups in total. The summed E-state index contributed by atoms with van der Waals surface area (Å²) in [6.45, 7) is 9.43. The van der Waals surface area contributed by atoms with Crippen LogP contribution in [0, 0.1) is 0 Å². The number of rotatable bonds is 0. The van der Waals surface area contributed by atoms with Gasteiger partial charge in [-0.05, 0) is 26.7 Å². The van der Waals surface area contributed by atoms with Crippen molar-refractivity contribution in [1.82, 2.24) is 25.8 Å². The first-order valence-corrected chi connectivity index (χ1v) is 7.53. The van der Waals surface area contributed by atoms with Crippen LogP contribution in [-0.4, -0.2) is 83.2 Å². The highest BCUT2D eigenvalue weighted by molar-refractivity contribution is 4.84.